The standard InChI is InChI=1S/C12H16FN3O3/c1-12(2,11(14)17)7-15-6-8-3-4-10(16(18)19)9(13)5-8/h3-5,15H,6-7H2,1-2H3,(H2,14,17). The average molecular weight is 269 g/mol. The number of nitrogens with two attached hydrogens (primary N) is 1. The molecule has 1 aromatic rings. The average Bonchev–Trinajstić information content (AvgIpc) is 2.28. The second-order valence-electron chi connectivity index (χ2n) is 4.89. The number of hydrogen-bond acceptors (Lipinski definition) is 4. The Morgan fingerprint density at radius 1 is 1.53 bits per heavy atom. The number of halogens is 1. The highest BCUT2D eigenvalue weighted by Crippen LogP contribution is 2.18. The Balaban J connectivity index is 2.63. The van der Waals surface area contributed by atoms with Crippen molar-refractivity contribution in [2.24, 2.45) is 11.1 Å². The van der Waals surface area contributed by atoms with Gasteiger partial charge in [-0.05, 0) is 25.5 Å². The zero-order valence-electron chi connectivity index (χ0n) is 10.8. The molecule has 0 bridgehead atoms. The summed E-state index contributed by atoms with van der Waals surface area (Å²) in [5.41, 5.74) is 4.51. The zero-order chi connectivity index (χ0) is 14.6. The highest BCUT2D eigenvalue weighted by Gasteiger charge is 2.24. The molecule has 19 heavy (non-hydrogen) atoms. The molecule has 0 fully saturated rings. The lowest BCUT2D eigenvalue weighted by Gasteiger charge is -2.20. The fourth-order valence-corrected chi connectivity index (χ4v) is 1.41. The number of nitrogens with zero attached hydrogens (tertiary/aromatic N) is 1. The molecular weight excluding hydrogens is 253 g/mol. The van der Waals surface area contributed by atoms with Crippen molar-refractivity contribution in [3.05, 3.63) is 39.7 Å². The quantitative estimate of drug-likeness (QED) is 0.601. The van der Waals surface area contributed by atoms with E-state index in [4.69, 9.17) is 5.73 Å². The molecule has 0 aliphatic rings. The number of primary amides is 1. The van der Waals surface area contributed by atoms with Gasteiger partial charge in [0.25, 0.3) is 0 Å². The Labute approximate surface area is 109 Å². The largest absolute Gasteiger partial charge is 0.369 e. The minimum atomic E-state index is -0.876. The van der Waals surface area contributed by atoms with Crippen molar-refractivity contribution >= 4 is 11.6 Å². The van der Waals surface area contributed by atoms with E-state index >= 15 is 0 Å². The van der Waals surface area contributed by atoms with Gasteiger partial charge in [0.05, 0.1) is 10.3 Å². The van der Waals surface area contributed by atoms with E-state index in [0.29, 0.717) is 18.7 Å². The Kier molecular flexibility index (Phi) is 4.55. The van der Waals surface area contributed by atoms with Gasteiger partial charge in [-0.3, -0.25) is 14.9 Å². The number of benzene rings is 1. The SMILES string of the molecule is CC(C)(CNCc1ccc([N+](=O)[O-])c(F)c1)C(N)=O. The second-order valence-corrected chi connectivity index (χ2v) is 4.89. The molecule has 0 heterocycles. The first-order valence-electron chi connectivity index (χ1n) is 5.67. The van der Waals surface area contributed by atoms with Crippen LogP contribution in [0.1, 0.15) is 19.4 Å². The number of nitro groups is 1. The smallest absolute Gasteiger partial charge is 0.304 e. The molecule has 104 valence electrons. The second kappa shape index (κ2) is 5.75. The summed E-state index contributed by atoms with van der Waals surface area (Å²) in [6.45, 7) is 4.02. The topological polar surface area (TPSA) is 98.3 Å². The number of nitrogens with one attached hydrogen (secondary N) is 1. The maximum absolute atomic E-state index is 13.3. The lowest BCUT2D eigenvalue weighted by molar-refractivity contribution is -0.387. The predicted octanol–water partition coefficient (Wildman–Crippen LogP) is 1.33. The van der Waals surface area contributed by atoms with Crippen LogP contribution >= 0.6 is 0 Å². The van der Waals surface area contributed by atoms with Crippen LogP contribution in [-0.4, -0.2) is 17.4 Å². The van der Waals surface area contributed by atoms with Crippen LogP contribution in [0, 0.1) is 21.3 Å². The van der Waals surface area contributed by atoms with Crippen molar-refractivity contribution in [3.63, 3.8) is 0 Å². The molecule has 0 aliphatic heterocycles. The molecule has 0 aromatic heterocycles. The number of carbonyl (C=O) groups excluding carboxylic acids is 1. The molecule has 6 nitrogen and oxygen atoms in total. The van der Waals surface area contributed by atoms with Crippen molar-refractivity contribution in [2.45, 2.75) is 20.4 Å². The van der Waals surface area contributed by atoms with Gasteiger partial charge in [0.1, 0.15) is 0 Å². The minimum Gasteiger partial charge on any atom is -0.369 e. The van der Waals surface area contributed by atoms with Crippen molar-refractivity contribution in [1.82, 2.24) is 5.32 Å². The molecule has 0 unspecified atom stereocenters. The number of nitro benzene ring substituents is 1. The Morgan fingerprint density at radius 2 is 2.16 bits per heavy atom. The third kappa shape index (κ3) is 3.99. The third-order valence-electron chi connectivity index (χ3n) is 2.77. The van der Waals surface area contributed by atoms with Crippen molar-refractivity contribution in [1.29, 1.82) is 0 Å². The molecule has 0 spiro atoms. The summed E-state index contributed by atoms with van der Waals surface area (Å²) in [7, 11) is 0. The molecule has 0 saturated heterocycles. The summed E-state index contributed by atoms with van der Waals surface area (Å²) in [6.07, 6.45) is 0. The van der Waals surface area contributed by atoms with Gasteiger partial charge in [0, 0.05) is 19.2 Å². The maximum Gasteiger partial charge on any atom is 0.304 e. The number of carbonyl (C=O) groups is 1. The van der Waals surface area contributed by atoms with Gasteiger partial charge in [-0.2, -0.15) is 4.39 Å². The fourth-order valence-electron chi connectivity index (χ4n) is 1.41. The molecule has 1 amide bonds. The Hall–Kier alpha value is -2.02. The van der Waals surface area contributed by atoms with Crippen LogP contribution in [-0.2, 0) is 11.3 Å². The van der Waals surface area contributed by atoms with Crippen LogP contribution in [0.2, 0.25) is 0 Å². The molecule has 0 atom stereocenters. The van der Waals surface area contributed by atoms with Crippen LogP contribution < -0.4 is 11.1 Å². The van der Waals surface area contributed by atoms with E-state index in [1.54, 1.807) is 13.8 Å². The predicted molar refractivity (Wildman–Crippen MR) is 67.7 cm³/mol. The molecule has 0 radical (unpaired) electrons. The summed E-state index contributed by atoms with van der Waals surface area (Å²) >= 11 is 0. The number of hydrogen-bond donors (Lipinski definition) is 2. The fraction of sp³-hybridized carbons (Fsp3) is 0.417. The van der Waals surface area contributed by atoms with Gasteiger partial charge in [-0.1, -0.05) is 6.07 Å². The number of amides is 1. The van der Waals surface area contributed by atoms with Gasteiger partial charge in [-0.15, -0.1) is 0 Å². The van der Waals surface area contributed by atoms with Gasteiger partial charge in [0.15, 0.2) is 0 Å². The van der Waals surface area contributed by atoms with Crippen LogP contribution in [0.3, 0.4) is 0 Å². The van der Waals surface area contributed by atoms with Gasteiger partial charge < -0.3 is 11.1 Å². The zero-order valence-corrected chi connectivity index (χ0v) is 10.8. The Morgan fingerprint density at radius 3 is 2.63 bits per heavy atom. The van der Waals surface area contributed by atoms with E-state index in [1.807, 2.05) is 0 Å². The normalized spacial score (nSPS) is 11.3. The van der Waals surface area contributed by atoms with Gasteiger partial charge in [-0.25, -0.2) is 0 Å². The summed E-state index contributed by atoms with van der Waals surface area (Å²) < 4.78 is 13.3. The van der Waals surface area contributed by atoms with Crippen LogP contribution in [0.25, 0.3) is 0 Å². The van der Waals surface area contributed by atoms with E-state index in [9.17, 15) is 19.3 Å². The lowest BCUT2D eigenvalue weighted by atomic mass is 9.93. The molecule has 1 rings (SSSR count). The maximum atomic E-state index is 13.3. The van der Waals surface area contributed by atoms with E-state index in [1.165, 1.54) is 6.07 Å². The minimum absolute atomic E-state index is 0.297. The van der Waals surface area contributed by atoms with E-state index in [0.717, 1.165) is 12.1 Å². The van der Waals surface area contributed by atoms with Crippen molar-refractivity contribution in [3.8, 4) is 0 Å². The monoisotopic (exact) mass is 269 g/mol. The first-order valence-corrected chi connectivity index (χ1v) is 5.67. The molecule has 3 N–H and O–H groups in total. The van der Waals surface area contributed by atoms with Crippen LogP contribution in [0.15, 0.2) is 18.2 Å². The van der Waals surface area contributed by atoms with Crippen LogP contribution in [0.4, 0.5) is 10.1 Å². The molecule has 0 aliphatic carbocycles. The van der Waals surface area contributed by atoms with E-state index < -0.39 is 27.8 Å². The highest BCUT2D eigenvalue weighted by molar-refractivity contribution is 5.80. The molecule has 7 heteroatoms. The molecular formula is C12H16FN3O3. The number of rotatable bonds is 6. The summed E-state index contributed by atoms with van der Waals surface area (Å²) in [5, 5.41) is 13.4. The lowest BCUT2D eigenvalue weighted by Crippen LogP contribution is -2.40. The highest BCUT2D eigenvalue weighted by atomic mass is 19.1. The van der Waals surface area contributed by atoms with E-state index in [2.05, 4.69) is 5.32 Å². The molecule has 0 saturated carbocycles. The first-order chi connectivity index (χ1) is 8.74. The van der Waals surface area contributed by atoms with Crippen molar-refractivity contribution in [2.75, 3.05) is 6.54 Å². The molecule has 1 aromatic carbocycles. The van der Waals surface area contributed by atoms with Crippen molar-refractivity contribution < 1.29 is 14.1 Å². The third-order valence-corrected chi connectivity index (χ3v) is 2.77. The van der Waals surface area contributed by atoms with Gasteiger partial charge >= 0.3 is 5.69 Å². The Bertz CT molecular complexity index is 503. The summed E-state index contributed by atoms with van der Waals surface area (Å²) in [6, 6.07) is 3.68. The van der Waals surface area contributed by atoms with Crippen LogP contribution in [0.5, 0.6) is 0 Å². The van der Waals surface area contributed by atoms with Gasteiger partial charge in [0.2, 0.25) is 11.7 Å². The van der Waals surface area contributed by atoms with E-state index in [-0.39, 0.29) is 0 Å². The first kappa shape index (κ1) is 15.0. The summed E-state index contributed by atoms with van der Waals surface area (Å²) in [4.78, 5) is 20.8. The summed E-state index contributed by atoms with van der Waals surface area (Å²) in [5.74, 6) is -1.31.